The molecule has 0 saturated carbocycles. The molecule has 0 aromatic rings. The molecule has 0 aromatic heterocycles. The molecule has 0 aliphatic carbocycles. The van der Waals surface area contributed by atoms with E-state index in [0.29, 0.717) is 6.42 Å². The average Bonchev–Trinajstić information content (AvgIpc) is 2.91. The van der Waals surface area contributed by atoms with E-state index in [0.717, 1.165) is 0 Å². The highest BCUT2D eigenvalue weighted by molar-refractivity contribution is 6.04. The molecule has 0 amide bonds. The SMILES string of the molecule is CCC12C=CC(O1)C(C(=O)O)=C2C(=O)OCC(C)C. The van der Waals surface area contributed by atoms with Gasteiger partial charge in [-0.3, -0.25) is 0 Å². The molecule has 0 saturated heterocycles. The fraction of sp³-hybridized carbons (Fsp3) is 0.571. The predicted molar refractivity (Wildman–Crippen MR) is 67.5 cm³/mol. The number of esters is 1. The fourth-order valence-corrected chi connectivity index (χ4v) is 2.42. The van der Waals surface area contributed by atoms with Crippen LogP contribution in [0.4, 0.5) is 0 Å². The van der Waals surface area contributed by atoms with Gasteiger partial charge in [-0.25, -0.2) is 9.59 Å². The highest BCUT2D eigenvalue weighted by Crippen LogP contribution is 2.45. The Kier molecular flexibility index (Phi) is 3.49. The third kappa shape index (κ3) is 2.18. The molecule has 2 aliphatic heterocycles. The maximum absolute atomic E-state index is 12.2. The third-order valence-electron chi connectivity index (χ3n) is 3.36. The first kappa shape index (κ1) is 13.8. The Hall–Kier alpha value is -1.62. The minimum Gasteiger partial charge on any atom is -0.478 e. The smallest absolute Gasteiger partial charge is 0.337 e. The first-order valence-corrected chi connectivity index (χ1v) is 6.43. The predicted octanol–water partition coefficient (Wildman–Crippen LogP) is 1.68. The Morgan fingerprint density at radius 1 is 1.53 bits per heavy atom. The number of carboxylic acid groups (broad SMARTS) is 1. The second kappa shape index (κ2) is 4.81. The standard InChI is InChI=1S/C14H18O5/c1-4-14-6-5-9(19-14)10(12(15)16)11(14)13(17)18-7-8(2)3/h5-6,8-9H,4,7H2,1-3H3,(H,15,16). The van der Waals surface area contributed by atoms with Crippen molar-refractivity contribution >= 4 is 11.9 Å². The summed E-state index contributed by atoms with van der Waals surface area (Å²) in [5.74, 6) is -1.51. The van der Waals surface area contributed by atoms with Gasteiger partial charge in [-0.1, -0.05) is 26.8 Å². The van der Waals surface area contributed by atoms with E-state index in [2.05, 4.69) is 0 Å². The molecule has 2 bridgehead atoms. The molecule has 0 radical (unpaired) electrons. The van der Waals surface area contributed by atoms with Crippen molar-refractivity contribution in [3.05, 3.63) is 23.3 Å². The monoisotopic (exact) mass is 266 g/mol. The zero-order chi connectivity index (χ0) is 14.2. The maximum atomic E-state index is 12.2. The number of aliphatic carboxylic acids is 1. The van der Waals surface area contributed by atoms with Crippen molar-refractivity contribution < 1.29 is 24.2 Å². The topological polar surface area (TPSA) is 72.8 Å². The summed E-state index contributed by atoms with van der Waals surface area (Å²) in [6, 6.07) is 0. The van der Waals surface area contributed by atoms with Crippen molar-refractivity contribution in [2.75, 3.05) is 6.61 Å². The molecule has 5 heteroatoms. The quantitative estimate of drug-likeness (QED) is 0.605. The molecule has 2 aliphatic rings. The largest absolute Gasteiger partial charge is 0.478 e. The van der Waals surface area contributed by atoms with Crippen molar-refractivity contribution in [2.24, 2.45) is 5.92 Å². The van der Waals surface area contributed by atoms with E-state index in [-0.39, 0.29) is 23.7 Å². The fourth-order valence-electron chi connectivity index (χ4n) is 2.42. The van der Waals surface area contributed by atoms with E-state index in [1.54, 1.807) is 12.2 Å². The van der Waals surface area contributed by atoms with Crippen LogP contribution in [0.25, 0.3) is 0 Å². The molecular weight excluding hydrogens is 248 g/mol. The molecule has 104 valence electrons. The third-order valence-corrected chi connectivity index (χ3v) is 3.36. The van der Waals surface area contributed by atoms with Crippen LogP contribution in [0.1, 0.15) is 27.2 Å². The molecule has 2 atom stereocenters. The van der Waals surface area contributed by atoms with Gasteiger partial charge in [0.05, 0.1) is 17.8 Å². The minimum atomic E-state index is -1.12. The molecule has 0 fully saturated rings. The van der Waals surface area contributed by atoms with Gasteiger partial charge in [-0.05, 0) is 18.4 Å². The van der Waals surface area contributed by atoms with Gasteiger partial charge in [0.25, 0.3) is 0 Å². The van der Waals surface area contributed by atoms with Crippen LogP contribution in [-0.2, 0) is 19.1 Å². The van der Waals surface area contributed by atoms with Crippen molar-refractivity contribution in [3.8, 4) is 0 Å². The highest BCUT2D eigenvalue weighted by atomic mass is 16.5. The van der Waals surface area contributed by atoms with Gasteiger partial charge in [0.1, 0.15) is 11.7 Å². The van der Waals surface area contributed by atoms with Crippen LogP contribution in [0.5, 0.6) is 0 Å². The molecule has 19 heavy (non-hydrogen) atoms. The van der Waals surface area contributed by atoms with Gasteiger partial charge in [0, 0.05) is 0 Å². The molecule has 0 aromatic carbocycles. The molecular formula is C14H18O5. The zero-order valence-electron chi connectivity index (χ0n) is 11.3. The summed E-state index contributed by atoms with van der Waals surface area (Å²) in [6.45, 7) is 5.97. The van der Waals surface area contributed by atoms with Crippen molar-refractivity contribution in [1.29, 1.82) is 0 Å². The molecule has 2 unspecified atom stereocenters. The minimum absolute atomic E-state index is 0.0121. The van der Waals surface area contributed by atoms with Crippen LogP contribution in [0.3, 0.4) is 0 Å². The van der Waals surface area contributed by atoms with Crippen LogP contribution < -0.4 is 0 Å². The number of hydrogen-bond donors (Lipinski definition) is 1. The number of ether oxygens (including phenoxy) is 2. The van der Waals surface area contributed by atoms with Crippen LogP contribution in [0.2, 0.25) is 0 Å². The lowest BCUT2D eigenvalue weighted by Crippen LogP contribution is -2.32. The molecule has 5 nitrogen and oxygen atoms in total. The lowest BCUT2D eigenvalue weighted by molar-refractivity contribution is -0.142. The lowest BCUT2D eigenvalue weighted by atomic mass is 9.85. The Morgan fingerprint density at radius 3 is 2.74 bits per heavy atom. The molecule has 0 spiro atoms. The summed E-state index contributed by atoms with van der Waals surface area (Å²) in [5.41, 5.74) is -0.763. The zero-order valence-corrected chi connectivity index (χ0v) is 11.3. The van der Waals surface area contributed by atoms with Gasteiger partial charge >= 0.3 is 11.9 Å². The van der Waals surface area contributed by atoms with Crippen LogP contribution >= 0.6 is 0 Å². The molecule has 1 N–H and O–H groups in total. The van der Waals surface area contributed by atoms with Gasteiger partial charge in [-0.2, -0.15) is 0 Å². The van der Waals surface area contributed by atoms with E-state index in [9.17, 15) is 14.7 Å². The Balaban J connectivity index is 2.33. The first-order valence-electron chi connectivity index (χ1n) is 6.43. The van der Waals surface area contributed by atoms with E-state index < -0.39 is 23.6 Å². The second-order valence-corrected chi connectivity index (χ2v) is 5.23. The summed E-state index contributed by atoms with van der Waals surface area (Å²) in [7, 11) is 0. The number of carbonyl (C=O) groups excluding carboxylic acids is 1. The van der Waals surface area contributed by atoms with Gasteiger partial charge in [0.15, 0.2) is 0 Å². The number of rotatable bonds is 5. The molecule has 2 rings (SSSR count). The van der Waals surface area contributed by atoms with Crippen molar-refractivity contribution in [1.82, 2.24) is 0 Å². The summed E-state index contributed by atoms with van der Waals surface area (Å²) in [4.78, 5) is 23.5. The first-order chi connectivity index (χ1) is 8.91. The van der Waals surface area contributed by atoms with E-state index in [4.69, 9.17) is 9.47 Å². The summed E-state index contributed by atoms with van der Waals surface area (Å²) >= 11 is 0. The van der Waals surface area contributed by atoms with E-state index >= 15 is 0 Å². The van der Waals surface area contributed by atoms with Gasteiger partial charge < -0.3 is 14.6 Å². The molecule has 2 heterocycles. The number of carboxylic acids is 1. The summed E-state index contributed by atoms with van der Waals surface area (Å²) in [6.07, 6.45) is 3.31. The maximum Gasteiger partial charge on any atom is 0.337 e. The van der Waals surface area contributed by atoms with Crippen LogP contribution in [-0.4, -0.2) is 35.4 Å². The van der Waals surface area contributed by atoms with E-state index in [1.807, 2.05) is 20.8 Å². The lowest BCUT2D eigenvalue weighted by Gasteiger charge is -2.24. The van der Waals surface area contributed by atoms with Crippen molar-refractivity contribution in [2.45, 2.75) is 38.9 Å². The Morgan fingerprint density at radius 2 is 2.21 bits per heavy atom. The Labute approximate surface area is 111 Å². The van der Waals surface area contributed by atoms with Gasteiger partial charge in [-0.15, -0.1) is 0 Å². The van der Waals surface area contributed by atoms with Gasteiger partial charge in [0.2, 0.25) is 0 Å². The summed E-state index contributed by atoms with van der Waals surface area (Å²) < 4.78 is 10.8. The summed E-state index contributed by atoms with van der Waals surface area (Å²) in [5, 5.41) is 9.26. The van der Waals surface area contributed by atoms with Crippen LogP contribution in [0.15, 0.2) is 23.3 Å². The second-order valence-electron chi connectivity index (χ2n) is 5.23. The van der Waals surface area contributed by atoms with E-state index in [1.165, 1.54) is 0 Å². The number of hydrogen-bond acceptors (Lipinski definition) is 4. The highest BCUT2D eigenvalue weighted by Gasteiger charge is 2.53. The number of carbonyl (C=O) groups is 2. The normalized spacial score (nSPS) is 28.3. The number of fused-ring (bicyclic) bond motifs is 2. The van der Waals surface area contributed by atoms with Crippen molar-refractivity contribution in [3.63, 3.8) is 0 Å². The van der Waals surface area contributed by atoms with Crippen LogP contribution in [0, 0.1) is 5.92 Å². The average molecular weight is 266 g/mol. The Bertz CT molecular complexity index is 474.